The van der Waals surface area contributed by atoms with Crippen LogP contribution in [0.5, 0.6) is 11.5 Å². The topological polar surface area (TPSA) is 77.7 Å². The van der Waals surface area contributed by atoms with E-state index in [0.717, 1.165) is 36.8 Å². The molecule has 34 heavy (non-hydrogen) atoms. The van der Waals surface area contributed by atoms with E-state index in [9.17, 15) is 4.79 Å². The summed E-state index contributed by atoms with van der Waals surface area (Å²) >= 11 is 0. The third kappa shape index (κ3) is 5.84. The third-order valence-corrected chi connectivity index (χ3v) is 6.19. The van der Waals surface area contributed by atoms with Crippen LogP contribution >= 0.6 is 0 Å². The van der Waals surface area contributed by atoms with Gasteiger partial charge in [-0.3, -0.25) is 4.79 Å². The highest BCUT2D eigenvalue weighted by Crippen LogP contribution is 2.31. The SMILES string of the molecule is COc1ccc(-c2noc(CCN(C(=O)/C=C/c3ccccc3)C3CCCCC3)n2)cc1OC. The van der Waals surface area contributed by atoms with E-state index in [1.807, 2.05) is 59.5 Å². The lowest BCUT2D eigenvalue weighted by atomic mass is 9.94. The highest BCUT2D eigenvalue weighted by Gasteiger charge is 2.25. The van der Waals surface area contributed by atoms with Gasteiger partial charge in [-0.25, -0.2) is 0 Å². The molecule has 0 bridgehead atoms. The minimum Gasteiger partial charge on any atom is -0.493 e. The minimum atomic E-state index is 0.0235. The number of hydrogen-bond acceptors (Lipinski definition) is 6. The normalized spacial score (nSPS) is 14.3. The number of nitrogens with zero attached hydrogens (tertiary/aromatic N) is 3. The van der Waals surface area contributed by atoms with Crippen molar-refractivity contribution in [1.29, 1.82) is 0 Å². The largest absolute Gasteiger partial charge is 0.493 e. The summed E-state index contributed by atoms with van der Waals surface area (Å²) in [5, 5.41) is 4.13. The molecule has 178 valence electrons. The lowest BCUT2D eigenvalue weighted by Gasteiger charge is -2.33. The summed E-state index contributed by atoms with van der Waals surface area (Å²) in [4.78, 5) is 19.7. The Balaban J connectivity index is 1.46. The first-order valence-corrected chi connectivity index (χ1v) is 11.8. The fraction of sp³-hybridized carbons (Fsp3) is 0.370. The molecule has 0 spiro atoms. The van der Waals surface area contributed by atoms with Crippen LogP contribution in [-0.4, -0.2) is 47.8 Å². The maximum Gasteiger partial charge on any atom is 0.246 e. The molecule has 1 heterocycles. The fourth-order valence-electron chi connectivity index (χ4n) is 4.36. The molecule has 1 amide bonds. The first-order chi connectivity index (χ1) is 16.7. The number of methoxy groups -OCH3 is 2. The van der Waals surface area contributed by atoms with Gasteiger partial charge in [0.2, 0.25) is 17.6 Å². The molecule has 0 saturated heterocycles. The summed E-state index contributed by atoms with van der Waals surface area (Å²) in [6, 6.07) is 15.6. The first-order valence-electron chi connectivity index (χ1n) is 11.8. The van der Waals surface area contributed by atoms with Crippen LogP contribution in [0.1, 0.15) is 43.6 Å². The molecule has 7 heteroatoms. The second-order valence-corrected chi connectivity index (χ2v) is 8.40. The van der Waals surface area contributed by atoms with Gasteiger partial charge in [0, 0.05) is 30.6 Å². The van der Waals surface area contributed by atoms with Crippen LogP contribution in [0, 0.1) is 0 Å². The number of aromatic nitrogens is 2. The smallest absolute Gasteiger partial charge is 0.246 e. The van der Waals surface area contributed by atoms with Crippen molar-refractivity contribution in [3.63, 3.8) is 0 Å². The number of ether oxygens (including phenoxy) is 2. The second-order valence-electron chi connectivity index (χ2n) is 8.40. The molecule has 1 aliphatic carbocycles. The average Bonchev–Trinajstić information content (AvgIpc) is 3.37. The van der Waals surface area contributed by atoms with Crippen LogP contribution in [0.2, 0.25) is 0 Å². The van der Waals surface area contributed by atoms with E-state index in [2.05, 4.69) is 10.1 Å². The highest BCUT2D eigenvalue weighted by atomic mass is 16.5. The Hall–Kier alpha value is -3.61. The molecular weight excluding hydrogens is 430 g/mol. The fourth-order valence-corrected chi connectivity index (χ4v) is 4.36. The maximum absolute atomic E-state index is 13.1. The molecule has 4 rings (SSSR count). The van der Waals surface area contributed by atoms with Gasteiger partial charge in [0.25, 0.3) is 0 Å². The Morgan fingerprint density at radius 2 is 1.82 bits per heavy atom. The lowest BCUT2D eigenvalue weighted by molar-refractivity contribution is -0.128. The van der Waals surface area contributed by atoms with Gasteiger partial charge in [0.1, 0.15) is 0 Å². The highest BCUT2D eigenvalue weighted by molar-refractivity contribution is 5.92. The summed E-state index contributed by atoms with van der Waals surface area (Å²) in [5.74, 6) is 2.25. The van der Waals surface area contributed by atoms with Gasteiger partial charge in [-0.2, -0.15) is 4.98 Å². The molecular formula is C27H31N3O4. The van der Waals surface area contributed by atoms with Gasteiger partial charge >= 0.3 is 0 Å². The molecule has 1 aliphatic rings. The monoisotopic (exact) mass is 461 g/mol. The maximum atomic E-state index is 13.1. The van der Waals surface area contributed by atoms with Gasteiger partial charge in [-0.15, -0.1) is 0 Å². The van der Waals surface area contributed by atoms with Crippen LogP contribution in [0.3, 0.4) is 0 Å². The number of amides is 1. The van der Waals surface area contributed by atoms with Crippen molar-refractivity contribution in [3.8, 4) is 22.9 Å². The van der Waals surface area contributed by atoms with Crippen LogP contribution < -0.4 is 9.47 Å². The van der Waals surface area contributed by atoms with Crippen LogP contribution in [0.4, 0.5) is 0 Å². The number of hydrogen-bond donors (Lipinski definition) is 0. The Bertz CT molecular complexity index is 1100. The molecule has 1 saturated carbocycles. The van der Waals surface area contributed by atoms with Crippen molar-refractivity contribution in [1.82, 2.24) is 15.0 Å². The Labute approximate surface area is 200 Å². The molecule has 0 unspecified atom stereocenters. The molecule has 1 fully saturated rings. The van der Waals surface area contributed by atoms with Crippen LogP contribution in [0.15, 0.2) is 59.1 Å². The summed E-state index contributed by atoms with van der Waals surface area (Å²) in [7, 11) is 3.19. The quantitative estimate of drug-likeness (QED) is 0.409. The Morgan fingerprint density at radius 1 is 1.06 bits per heavy atom. The van der Waals surface area contributed by atoms with E-state index in [-0.39, 0.29) is 11.9 Å². The van der Waals surface area contributed by atoms with E-state index in [4.69, 9.17) is 14.0 Å². The van der Waals surface area contributed by atoms with E-state index in [1.165, 1.54) is 6.42 Å². The first kappa shape index (κ1) is 23.5. The molecule has 2 aromatic carbocycles. The molecule has 0 atom stereocenters. The zero-order valence-electron chi connectivity index (χ0n) is 19.8. The van der Waals surface area contributed by atoms with Crippen molar-refractivity contribution < 1.29 is 18.8 Å². The number of benzene rings is 2. The lowest BCUT2D eigenvalue weighted by Crippen LogP contribution is -2.41. The van der Waals surface area contributed by atoms with Gasteiger partial charge in [-0.05, 0) is 42.7 Å². The van der Waals surface area contributed by atoms with Gasteiger partial charge in [0.15, 0.2) is 11.5 Å². The summed E-state index contributed by atoms with van der Waals surface area (Å²) in [6.07, 6.45) is 9.66. The molecule has 3 aromatic rings. The van der Waals surface area contributed by atoms with Crippen LogP contribution in [0.25, 0.3) is 17.5 Å². The minimum absolute atomic E-state index is 0.0235. The van der Waals surface area contributed by atoms with E-state index < -0.39 is 0 Å². The van der Waals surface area contributed by atoms with Crippen molar-refractivity contribution in [3.05, 3.63) is 66.1 Å². The Morgan fingerprint density at radius 3 is 2.56 bits per heavy atom. The molecule has 0 aliphatic heterocycles. The zero-order valence-corrected chi connectivity index (χ0v) is 19.8. The van der Waals surface area contributed by atoms with Crippen molar-refractivity contribution in [2.45, 2.75) is 44.6 Å². The van der Waals surface area contributed by atoms with Gasteiger partial charge in [0.05, 0.1) is 14.2 Å². The second kappa shape index (κ2) is 11.5. The summed E-state index contributed by atoms with van der Waals surface area (Å²) in [6.45, 7) is 0.538. The molecule has 7 nitrogen and oxygen atoms in total. The van der Waals surface area contributed by atoms with Gasteiger partial charge < -0.3 is 18.9 Å². The number of carbonyl (C=O) groups is 1. The zero-order chi connectivity index (χ0) is 23.8. The van der Waals surface area contributed by atoms with Crippen molar-refractivity contribution in [2.24, 2.45) is 0 Å². The van der Waals surface area contributed by atoms with E-state index in [0.29, 0.717) is 36.2 Å². The summed E-state index contributed by atoms with van der Waals surface area (Å²) in [5.41, 5.74) is 1.79. The van der Waals surface area contributed by atoms with Crippen LogP contribution in [-0.2, 0) is 11.2 Å². The predicted octanol–water partition coefficient (Wildman–Crippen LogP) is 5.17. The van der Waals surface area contributed by atoms with Gasteiger partial charge in [-0.1, -0.05) is 54.8 Å². The van der Waals surface area contributed by atoms with Crippen molar-refractivity contribution >= 4 is 12.0 Å². The average molecular weight is 462 g/mol. The predicted molar refractivity (Wildman–Crippen MR) is 131 cm³/mol. The molecule has 0 N–H and O–H groups in total. The number of rotatable bonds is 9. The standard InChI is InChI=1S/C27H31N3O4/c1-32-23-15-14-21(19-24(23)33-2)27-28-25(34-29-27)17-18-30(22-11-7-4-8-12-22)26(31)16-13-20-9-5-3-6-10-20/h3,5-6,9-10,13-16,19,22H,4,7-8,11-12,17-18H2,1-2H3/b16-13+. The summed E-state index contributed by atoms with van der Waals surface area (Å²) < 4.78 is 16.2. The van der Waals surface area contributed by atoms with Crippen molar-refractivity contribution in [2.75, 3.05) is 20.8 Å². The van der Waals surface area contributed by atoms with E-state index in [1.54, 1.807) is 20.3 Å². The van der Waals surface area contributed by atoms with E-state index >= 15 is 0 Å². The number of carbonyl (C=O) groups excluding carboxylic acids is 1. The third-order valence-electron chi connectivity index (χ3n) is 6.19. The molecule has 1 aromatic heterocycles. The Kier molecular flexibility index (Phi) is 7.96. The molecule has 0 radical (unpaired) electrons.